The number of anilines is 1. The number of amides is 2. The van der Waals surface area contributed by atoms with Gasteiger partial charge in [-0.15, -0.1) is 0 Å². The van der Waals surface area contributed by atoms with Gasteiger partial charge in [-0.3, -0.25) is 14.4 Å². The van der Waals surface area contributed by atoms with E-state index in [0.29, 0.717) is 16.3 Å². The molecule has 5 nitrogen and oxygen atoms in total. The van der Waals surface area contributed by atoms with E-state index in [-0.39, 0.29) is 12.3 Å². The zero-order valence-corrected chi connectivity index (χ0v) is 14.1. The first-order chi connectivity index (χ1) is 11.4. The number of aryl methyl sites for hydroxylation is 1. The van der Waals surface area contributed by atoms with Crippen LogP contribution in [0.15, 0.2) is 42.5 Å². The SMILES string of the molecule is CC(=O)c1ccc(NC(=O)C(=O)NCc2cccc(Cl)c2)cc1C. The van der Waals surface area contributed by atoms with Crippen molar-refractivity contribution in [2.45, 2.75) is 20.4 Å². The number of hydrogen-bond donors (Lipinski definition) is 2. The molecule has 0 radical (unpaired) electrons. The van der Waals surface area contributed by atoms with Crippen molar-refractivity contribution in [2.75, 3.05) is 5.32 Å². The third-order valence-corrected chi connectivity index (χ3v) is 3.65. The highest BCUT2D eigenvalue weighted by Crippen LogP contribution is 2.15. The average Bonchev–Trinajstić information content (AvgIpc) is 2.52. The molecule has 24 heavy (non-hydrogen) atoms. The maximum atomic E-state index is 11.9. The highest BCUT2D eigenvalue weighted by molar-refractivity contribution is 6.39. The van der Waals surface area contributed by atoms with Gasteiger partial charge in [-0.1, -0.05) is 23.7 Å². The topological polar surface area (TPSA) is 75.3 Å². The van der Waals surface area contributed by atoms with Gasteiger partial charge in [-0.2, -0.15) is 0 Å². The Morgan fingerprint density at radius 2 is 1.79 bits per heavy atom. The van der Waals surface area contributed by atoms with E-state index in [1.165, 1.54) is 6.92 Å². The number of nitrogens with one attached hydrogen (secondary N) is 2. The maximum absolute atomic E-state index is 11.9. The van der Waals surface area contributed by atoms with Crippen LogP contribution < -0.4 is 10.6 Å². The summed E-state index contributed by atoms with van der Waals surface area (Å²) in [5.41, 5.74) is 2.57. The van der Waals surface area contributed by atoms with E-state index in [1.807, 2.05) is 0 Å². The molecule has 0 saturated heterocycles. The Hall–Kier alpha value is -2.66. The molecule has 0 fully saturated rings. The number of carbonyl (C=O) groups is 3. The second kappa shape index (κ2) is 7.75. The molecular weight excluding hydrogens is 328 g/mol. The van der Waals surface area contributed by atoms with Crippen LogP contribution in [0, 0.1) is 6.92 Å². The molecule has 0 saturated carbocycles. The molecule has 0 aliphatic carbocycles. The second-order valence-electron chi connectivity index (χ2n) is 5.35. The average molecular weight is 345 g/mol. The molecule has 0 aromatic heterocycles. The molecule has 124 valence electrons. The maximum Gasteiger partial charge on any atom is 0.313 e. The highest BCUT2D eigenvalue weighted by atomic mass is 35.5. The predicted octanol–water partition coefficient (Wildman–Crippen LogP) is 3.11. The molecule has 6 heteroatoms. The van der Waals surface area contributed by atoms with Crippen molar-refractivity contribution in [3.05, 3.63) is 64.2 Å². The van der Waals surface area contributed by atoms with E-state index in [4.69, 9.17) is 11.6 Å². The highest BCUT2D eigenvalue weighted by Gasteiger charge is 2.14. The molecule has 0 bridgehead atoms. The largest absolute Gasteiger partial charge is 0.344 e. The van der Waals surface area contributed by atoms with Crippen molar-refractivity contribution in [1.82, 2.24) is 5.32 Å². The first kappa shape index (κ1) is 17.7. The number of Topliss-reactive ketones (excluding diaryl/α,β-unsaturated/α-hetero) is 1. The summed E-state index contributed by atoms with van der Waals surface area (Å²) in [6.45, 7) is 3.45. The lowest BCUT2D eigenvalue weighted by Crippen LogP contribution is -2.35. The van der Waals surface area contributed by atoms with Crippen LogP contribution in [0.25, 0.3) is 0 Å². The summed E-state index contributed by atoms with van der Waals surface area (Å²) in [6.07, 6.45) is 0. The van der Waals surface area contributed by atoms with Crippen molar-refractivity contribution in [3.8, 4) is 0 Å². The van der Waals surface area contributed by atoms with Gasteiger partial charge in [-0.25, -0.2) is 0 Å². The normalized spacial score (nSPS) is 10.1. The summed E-state index contributed by atoms with van der Waals surface area (Å²) in [7, 11) is 0. The number of hydrogen-bond acceptors (Lipinski definition) is 3. The lowest BCUT2D eigenvalue weighted by atomic mass is 10.0. The van der Waals surface area contributed by atoms with Crippen LogP contribution in [0.1, 0.15) is 28.4 Å². The molecule has 2 aromatic rings. The van der Waals surface area contributed by atoms with Gasteiger partial charge in [0.05, 0.1) is 0 Å². The molecule has 2 rings (SSSR count). The van der Waals surface area contributed by atoms with Crippen molar-refractivity contribution in [1.29, 1.82) is 0 Å². The van der Waals surface area contributed by atoms with Crippen LogP contribution in [0.4, 0.5) is 5.69 Å². The van der Waals surface area contributed by atoms with Crippen molar-refractivity contribution in [2.24, 2.45) is 0 Å². The van der Waals surface area contributed by atoms with Crippen molar-refractivity contribution in [3.63, 3.8) is 0 Å². The Bertz CT molecular complexity index is 803. The second-order valence-corrected chi connectivity index (χ2v) is 5.79. The quantitative estimate of drug-likeness (QED) is 0.661. The fourth-order valence-electron chi connectivity index (χ4n) is 2.23. The zero-order valence-electron chi connectivity index (χ0n) is 13.4. The van der Waals surface area contributed by atoms with Gasteiger partial charge >= 0.3 is 11.8 Å². The Labute approximate surface area is 145 Å². The lowest BCUT2D eigenvalue weighted by Gasteiger charge is -2.09. The Balaban J connectivity index is 1.95. The molecule has 0 atom stereocenters. The molecule has 2 amide bonds. The molecule has 0 aliphatic rings. The fraction of sp³-hybridized carbons (Fsp3) is 0.167. The van der Waals surface area contributed by atoms with Crippen molar-refractivity contribution >= 4 is 34.9 Å². The minimum Gasteiger partial charge on any atom is -0.344 e. The smallest absolute Gasteiger partial charge is 0.313 e. The lowest BCUT2D eigenvalue weighted by molar-refractivity contribution is -0.136. The first-order valence-corrected chi connectivity index (χ1v) is 7.70. The van der Waals surface area contributed by atoms with E-state index in [0.717, 1.165) is 11.1 Å². The van der Waals surface area contributed by atoms with Crippen LogP contribution in [0.2, 0.25) is 5.02 Å². The molecule has 0 unspecified atom stereocenters. The van der Waals surface area contributed by atoms with Crippen molar-refractivity contribution < 1.29 is 14.4 Å². The van der Waals surface area contributed by atoms with Gasteiger partial charge in [0.2, 0.25) is 0 Å². The summed E-state index contributed by atoms with van der Waals surface area (Å²) in [5.74, 6) is -1.57. The number of carbonyl (C=O) groups excluding carboxylic acids is 3. The minimum absolute atomic E-state index is 0.0513. The monoisotopic (exact) mass is 344 g/mol. The Morgan fingerprint density at radius 1 is 1.04 bits per heavy atom. The third-order valence-electron chi connectivity index (χ3n) is 3.41. The van der Waals surface area contributed by atoms with Gasteiger partial charge < -0.3 is 10.6 Å². The van der Waals surface area contributed by atoms with Crippen LogP contribution in [-0.2, 0) is 16.1 Å². The fourth-order valence-corrected chi connectivity index (χ4v) is 2.45. The molecular formula is C18H17ClN2O3. The van der Waals surface area contributed by atoms with Crippen LogP contribution in [0.5, 0.6) is 0 Å². The minimum atomic E-state index is -0.771. The summed E-state index contributed by atoms with van der Waals surface area (Å²) in [5, 5.41) is 5.60. The number of ketones is 1. The number of benzene rings is 2. The Kier molecular flexibility index (Phi) is 5.71. The third kappa shape index (κ3) is 4.67. The summed E-state index contributed by atoms with van der Waals surface area (Å²) in [6, 6.07) is 11.9. The molecule has 2 N–H and O–H groups in total. The van der Waals surface area contributed by atoms with Crippen LogP contribution in [-0.4, -0.2) is 17.6 Å². The predicted molar refractivity (Wildman–Crippen MR) is 93.1 cm³/mol. The molecule has 0 spiro atoms. The van der Waals surface area contributed by atoms with Gasteiger partial charge in [0.15, 0.2) is 5.78 Å². The van der Waals surface area contributed by atoms with E-state index in [1.54, 1.807) is 49.4 Å². The van der Waals surface area contributed by atoms with E-state index in [2.05, 4.69) is 10.6 Å². The summed E-state index contributed by atoms with van der Waals surface area (Å²) in [4.78, 5) is 35.2. The standard InChI is InChI=1S/C18H17ClN2O3/c1-11-8-15(6-7-16(11)12(2)22)21-18(24)17(23)20-10-13-4-3-5-14(19)9-13/h3-9H,10H2,1-2H3,(H,20,23)(H,21,24). The van der Waals surface area contributed by atoms with E-state index in [9.17, 15) is 14.4 Å². The van der Waals surface area contributed by atoms with E-state index < -0.39 is 11.8 Å². The molecule has 0 aliphatic heterocycles. The van der Waals surface area contributed by atoms with Gasteiger partial charge in [0, 0.05) is 22.8 Å². The van der Waals surface area contributed by atoms with Gasteiger partial charge in [0.25, 0.3) is 0 Å². The Morgan fingerprint density at radius 3 is 2.42 bits per heavy atom. The number of rotatable bonds is 4. The number of halogens is 1. The summed E-state index contributed by atoms with van der Waals surface area (Å²) < 4.78 is 0. The van der Waals surface area contributed by atoms with Gasteiger partial charge in [0.1, 0.15) is 0 Å². The van der Waals surface area contributed by atoms with Crippen LogP contribution >= 0.6 is 11.6 Å². The summed E-state index contributed by atoms with van der Waals surface area (Å²) >= 11 is 5.86. The first-order valence-electron chi connectivity index (χ1n) is 7.32. The van der Waals surface area contributed by atoms with Crippen LogP contribution in [0.3, 0.4) is 0 Å². The molecule has 2 aromatic carbocycles. The van der Waals surface area contributed by atoms with Gasteiger partial charge in [-0.05, 0) is 55.3 Å². The zero-order chi connectivity index (χ0) is 17.7. The molecule has 0 heterocycles. The van der Waals surface area contributed by atoms with E-state index >= 15 is 0 Å².